The average molecular weight is 237 g/mol. The van der Waals surface area contributed by atoms with Gasteiger partial charge in [0.1, 0.15) is 0 Å². The van der Waals surface area contributed by atoms with Crippen molar-refractivity contribution in [3.05, 3.63) is 11.7 Å². The second-order valence-electron chi connectivity index (χ2n) is 5.09. The van der Waals surface area contributed by atoms with Crippen LogP contribution in [0.15, 0.2) is 4.52 Å². The summed E-state index contributed by atoms with van der Waals surface area (Å²) in [5.41, 5.74) is 0. The van der Waals surface area contributed by atoms with Crippen molar-refractivity contribution in [3.8, 4) is 0 Å². The maximum absolute atomic E-state index is 5.30. The van der Waals surface area contributed by atoms with Crippen LogP contribution in [-0.2, 0) is 6.42 Å². The molecule has 0 radical (unpaired) electrons. The van der Waals surface area contributed by atoms with Gasteiger partial charge in [0.25, 0.3) is 0 Å². The first-order valence-corrected chi connectivity index (χ1v) is 6.82. The van der Waals surface area contributed by atoms with Gasteiger partial charge in [-0.2, -0.15) is 4.98 Å². The fraction of sp³-hybridized carbons (Fsp3) is 0.846. The third-order valence-corrected chi connectivity index (χ3v) is 3.76. The first kappa shape index (κ1) is 12.6. The number of nitrogens with zero attached hydrogens (tertiary/aromatic N) is 2. The lowest BCUT2D eigenvalue weighted by atomic mass is 9.93. The summed E-state index contributed by atoms with van der Waals surface area (Å²) < 4.78 is 5.30. The number of nitrogens with one attached hydrogen (secondary N) is 1. The van der Waals surface area contributed by atoms with Crippen molar-refractivity contribution in [1.29, 1.82) is 0 Å². The largest absolute Gasteiger partial charge is 0.339 e. The molecule has 4 heteroatoms. The molecule has 2 heterocycles. The third kappa shape index (κ3) is 3.53. The number of rotatable bonds is 5. The van der Waals surface area contributed by atoms with E-state index in [1.54, 1.807) is 0 Å². The molecule has 1 saturated heterocycles. The van der Waals surface area contributed by atoms with E-state index < -0.39 is 0 Å². The summed E-state index contributed by atoms with van der Waals surface area (Å²) in [7, 11) is 0. The zero-order valence-electron chi connectivity index (χ0n) is 10.9. The minimum atomic E-state index is 0.409. The summed E-state index contributed by atoms with van der Waals surface area (Å²) in [5, 5.41) is 7.44. The molecule has 1 atom stereocenters. The van der Waals surface area contributed by atoms with Crippen molar-refractivity contribution in [2.24, 2.45) is 5.92 Å². The highest BCUT2D eigenvalue weighted by molar-refractivity contribution is 4.93. The molecule has 0 spiro atoms. The minimum absolute atomic E-state index is 0.409. The standard InChI is InChI=1S/C13H23N3O/c1-3-10(2)13-15-12(17-16-13)5-4-11-6-8-14-9-7-11/h10-11,14H,3-9H2,1-2H3. The second-order valence-corrected chi connectivity index (χ2v) is 5.09. The van der Waals surface area contributed by atoms with E-state index in [4.69, 9.17) is 4.52 Å². The third-order valence-electron chi connectivity index (χ3n) is 3.76. The van der Waals surface area contributed by atoms with Gasteiger partial charge in [-0.15, -0.1) is 0 Å². The monoisotopic (exact) mass is 237 g/mol. The predicted octanol–water partition coefficient (Wildman–Crippen LogP) is 2.52. The van der Waals surface area contributed by atoms with Gasteiger partial charge in [-0.25, -0.2) is 0 Å². The van der Waals surface area contributed by atoms with Gasteiger partial charge in [0.2, 0.25) is 5.89 Å². The van der Waals surface area contributed by atoms with Gasteiger partial charge >= 0.3 is 0 Å². The Labute approximate surface area is 103 Å². The lowest BCUT2D eigenvalue weighted by Crippen LogP contribution is -2.27. The van der Waals surface area contributed by atoms with Crippen LogP contribution >= 0.6 is 0 Å². The normalized spacial score (nSPS) is 19.4. The molecule has 0 aromatic carbocycles. The Morgan fingerprint density at radius 3 is 2.88 bits per heavy atom. The number of aryl methyl sites for hydroxylation is 1. The maximum atomic E-state index is 5.30. The van der Waals surface area contributed by atoms with E-state index in [0.717, 1.165) is 43.6 Å². The molecule has 2 rings (SSSR count). The lowest BCUT2D eigenvalue weighted by Gasteiger charge is -2.21. The van der Waals surface area contributed by atoms with Gasteiger partial charge in [0.05, 0.1) is 0 Å². The topological polar surface area (TPSA) is 51.0 Å². The molecule has 1 aromatic heterocycles. The summed E-state index contributed by atoms with van der Waals surface area (Å²) in [6.45, 7) is 6.61. The van der Waals surface area contributed by atoms with Crippen LogP contribution in [0.2, 0.25) is 0 Å². The highest BCUT2D eigenvalue weighted by Crippen LogP contribution is 2.20. The SMILES string of the molecule is CCC(C)c1noc(CCC2CCNCC2)n1. The molecule has 1 unspecified atom stereocenters. The Bertz CT molecular complexity index is 331. The molecule has 17 heavy (non-hydrogen) atoms. The zero-order chi connectivity index (χ0) is 12.1. The fourth-order valence-electron chi connectivity index (χ4n) is 2.25. The molecule has 96 valence electrons. The van der Waals surface area contributed by atoms with Gasteiger partial charge in [-0.1, -0.05) is 19.0 Å². The van der Waals surface area contributed by atoms with Crippen LogP contribution < -0.4 is 5.32 Å². The smallest absolute Gasteiger partial charge is 0.226 e. The van der Waals surface area contributed by atoms with Gasteiger partial charge in [0, 0.05) is 12.3 Å². The molecule has 4 nitrogen and oxygen atoms in total. The van der Waals surface area contributed by atoms with E-state index in [2.05, 4.69) is 29.3 Å². The van der Waals surface area contributed by atoms with Crippen molar-refractivity contribution >= 4 is 0 Å². The van der Waals surface area contributed by atoms with Crippen molar-refractivity contribution < 1.29 is 4.52 Å². The molecular formula is C13H23N3O. The lowest BCUT2D eigenvalue weighted by molar-refractivity contribution is 0.322. The van der Waals surface area contributed by atoms with E-state index in [9.17, 15) is 0 Å². The highest BCUT2D eigenvalue weighted by Gasteiger charge is 2.16. The van der Waals surface area contributed by atoms with Crippen molar-refractivity contribution in [1.82, 2.24) is 15.5 Å². The van der Waals surface area contributed by atoms with E-state index in [1.165, 1.54) is 19.3 Å². The zero-order valence-corrected chi connectivity index (χ0v) is 10.9. The van der Waals surface area contributed by atoms with Crippen LogP contribution in [0.25, 0.3) is 0 Å². The first-order valence-electron chi connectivity index (χ1n) is 6.82. The average Bonchev–Trinajstić information content (AvgIpc) is 2.85. The molecule has 1 aromatic rings. The first-order chi connectivity index (χ1) is 8.29. The van der Waals surface area contributed by atoms with E-state index in [0.29, 0.717) is 5.92 Å². The van der Waals surface area contributed by atoms with Crippen LogP contribution in [0.4, 0.5) is 0 Å². The van der Waals surface area contributed by atoms with Gasteiger partial charge in [-0.3, -0.25) is 0 Å². The molecule has 1 aliphatic rings. The van der Waals surface area contributed by atoms with Crippen LogP contribution in [-0.4, -0.2) is 23.2 Å². The Kier molecular flexibility index (Phi) is 4.54. The van der Waals surface area contributed by atoms with Crippen LogP contribution in [0, 0.1) is 5.92 Å². The molecule has 1 N–H and O–H groups in total. The number of piperidine rings is 1. The molecule has 1 aliphatic heterocycles. The Morgan fingerprint density at radius 1 is 1.41 bits per heavy atom. The molecule has 0 aliphatic carbocycles. The summed E-state index contributed by atoms with van der Waals surface area (Å²) in [6.07, 6.45) is 5.75. The molecule has 0 amide bonds. The summed E-state index contributed by atoms with van der Waals surface area (Å²) in [5.74, 6) is 2.92. The summed E-state index contributed by atoms with van der Waals surface area (Å²) in [4.78, 5) is 4.47. The number of hydrogen-bond donors (Lipinski definition) is 1. The van der Waals surface area contributed by atoms with Gasteiger partial charge in [-0.05, 0) is 44.7 Å². The predicted molar refractivity (Wildman–Crippen MR) is 66.9 cm³/mol. The van der Waals surface area contributed by atoms with E-state index in [-0.39, 0.29) is 0 Å². The van der Waals surface area contributed by atoms with Crippen molar-refractivity contribution in [2.75, 3.05) is 13.1 Å². The quantitative estimate of drug-likeness (QED) is 0.855. The number of aromatic nitrogens is 2. The van der Waals surface area contributed by atoms with Gasteiger partial charge in [0.15, 0.2) is 5.82 Å². The van der Waals surface area contributed by atoms with Crippen LogP contribution in [0.5, 0.6) is 0 Å². The molecule has 0 bridgehead atoms. The summed E-state index contributed by atoms with van der Waals surface area (Å²) in [6, 6.07) is 0. The van der Waals surface area contributed by atoms with Crippen molar-refractivity contribution in [2.45, 2.75) is 51.9 Å². The molecule has 1 fully saturated rings. The van der Waals surface area contributed by atoms with Crippen LogP contribution in [0.3, 0.4) is 0 Å². The minimum Gasteiger partial charge on any atom is -0.339 e. The van der Waals surface area contributed by atoms with E-state index in [1.807, 2.05) is 0 Å². The molecular weight excluding hydrogens is 214 g/mol. The van der Waals surface area contributed by atoms with Crippen LogP contribution in [0.1, 0.15) is 57.2 Å². The Balaban J connectivity index is 1.80. The Morgan fingerprint density at radius 2 is 2.18 bits per heavy atom. The van der Waals surface area contributed by atoms with Gasteiger partial charge < -0.3 is 9.84 Å². The molecule has 0 saturated carbocycles. The summed E-state index contributed by atoms with van der Waals surface area (Å²) >= 11 is 0. The Hall–Kier alpha value is -0.900. The second kappa shape index (κ2) is 6.15. The highest BCUT2D eigenvalue weighted by atomic mass is 16.5. The van der Waals surface area contributed by atoms with E-state index >= 15 is 0 Å². The van der Waals surface area contributed by atoms with Crippen molar-refractivity contribution in [3.63, 3.8) is 0 Å². The number of hydrogen-bond acceptors (Lipinski definition) is 4. The fourth-order valence-corrected chi connectivity index (χ4v) is 2.25. The maximum Gasteiger partial charge on any atom is 0.226 e.